The molecule has 1 aliphatic rings. The minimum Gasteiger partial charge on any atom is -0.481 e. The van der Waals surface area contributed by atoms with Gasteiger partial charge in [-0.1, -0.05) is 11.6 Å². The molecular formula is C16H17ClN2O3. The Morgan fingerprint density at radius 2 is 2.14 bits per heavy atom. The summed E-state index contributed by atoms with van der Waals surface area (Å²) < 4.78 is 5.64. The summed E-state index contributed by atoms with van der Waals surface area (Å²) in [5.74, 6) is 0.469. The van der Waals surface area contributed by atoms with E-state index in [1.807, 2.05) is 12.1 Å². The van der Waals surface area contributed by atoms with Gasteiger partial charge in [0.15, 0.2) is 6.61 Å². The Kier molecular flexibility index (Phi) is 4.45. The summed E-state index contributed by atoms with van der Waals surface area (Å²) in [6, 6.07) is 7.14. The van der Waals surface area contributed by atoms with Crippen LogP contribution in [0.4, 0.5) is 0 Å². The Morgan fingerprint density at radius 1 is 1.36 bits per heavy atom. The van der Waals surface area contributed by atoms with E-state index < -0.39 is 0 Å². The Bertz CT molecular complexity index is 684. The lowest BCUT2D eigenvalue weighted by molar-refractivity contribution is -0.135. The number of aliphatic hydroxyl groups is 1. The predicted octanol–water partition coefficient (Wildman–Crippen LogP) is 2.25. The van der Waals surface area contributed by atoms with Gasteiger partial charge in [0, 0.05) is 24.7 Å². The first-order chi connectivity index (χ1) is 10.6. The molecule has 1 saturated heterocycles. The fourth-order valence-corrected chi connectivity index (χ4v) is 2.79. The molecule has 0 radical (unpaired) electrons. The molecular weight excluding hydrogens is 304 g/mol. The van der Waals surface area contributed by atoms with Crippen LogP contribution in [0.2, 0.25) is 5.02 Å². The zero-order chi connectivity index (χ0) is 15.5. The molecule has 6 heteroatoms. The first-order valence-corrected chi connectivity index (χ1v) is 7.65. The van der Waals surface area contributed by atoms with Crippen molar-refractivity contribution in [2.24, 2.45) is 0 Å². The van der Waals surface area contributed by atoms with Crippen molar-refractivity contribution in [3.8, 4) is 5.75 Å². The van der Waals surface area contributed by atoms with Crippen LogP contribution >= 0.6 is 11.6 Å². The number of carbonyl (C=O) groups is 1. The Labute approximate surface area is 133 Å². The molecule has 0 bridgehead atoms. The number of fused-ring (bicyclic) bond motifs is 1. The van der Waals surface area contributed by atoms with E-state index in [2.05, 4.69) is 4.98 Å². The third-order valence-electron chi connectivity index (χ3n) is 3.85. The fourth-order valence-electron chi connectivity index (χ4n) is 2.57. The predicted molar refractivity (Wildman–Crippen MR) is 84.1 cm³/mol. The summed E-state index contributed by atoms with van der Waals surface area (Å²) >= 11 is 6.13. The highest BCUT2D eigenvalue weighted by Crippen LogP contribution is 2.29. The molecule has 1 aromatic heterocycles. The van der Waals surface area contributed by atoms with Crippen LogP contribution in [0.15, 0.2) is 30.5 Å². The van der Waals surface area contributed by atoms with Crippen molar-refractivity contribution in [2.45, 2.75) is 18.9 Å². The van der Waals surface area contributed by atoms with Crippen LogP contribution in [-0.2, 0) is 4.79 Å². The number of hydrogen-bond donors (Lipinski definition) is 1. The quantitative estimate of drug-likeness (QED) is 0.942. The zero-order valence-corrected chi connectivity index (χ0v) is 12.8. The maximum atomic E-state index is 12.2. The van der Waals surface area contributed by atoms with Crippen LogP contribution in [0.3, 0.4) is 0 Å². The van der Waals surface area contributed by atoms with Crippen molar-refractivity contribution in [3.05, 3.63) is 35.5 Å². The third kappa shape index (κ3) is 3.15. The summed E-state index contributed by atoms with van der Waals surface area (Å²) in [5, 5.41) is 10.9. The highest BCUT2D eigenvalue weighted by molar-refractivity contribution is 6.35. The second kappa shape index (κ2) is 6.50. The number of aliphatic hydroxyl groups excluding tert-OH is 1. The van der Waals surface area contributed by atoms with E-state index in [0.717, 1.165) is 5.39 Å². The van der Waals surface area contributed by atoms with Crippen molar-refractivity contribution in [1.29, 1.82) is 0 Å². The molecule has 1 fully saturated rings. The largest absolute Gasteiger partial charge is 0.481 e. The van der Waals surface area contributed by atoms with E-state index in [9.17, 15) is 9.90 Å². The fraction of sp³-hybridized carbons (Fsp3) is 0.375. The van der Waals surface area contributed by atoms with Gasteiger partial charge in [0.05, 0.1) is 11.1 Å². The zero-order valence-electron chi connectivity index (χ0n) is 12.0. The van der Waals surface area contributed by atoms with Crippen LogP contribution in [0, 0.1) is 0 Å². The molecule has 1 amide bonds. The smallest absolute Gasteiger partial charge is 0.260 e. The van der Waals surface area contributed by atoms with Crippen molar-refractivity contribution in [1.82, 2.24) is 9.88 Å². The molecule has 2 aromatic rings. The van der Waals surface area contributed by atoms with Gasteiger partial charge in [-0.2, -0.15) is 0 Å². The van der Waals surface area contributed by atoms with Crippen molar-refractivity contribution >= 4 is 28.4 Å². The Morgan fingerprint density at radius 3 is 2.91 bits per heavy atom. The molecule has 2 heterocycles. The lowest BCUT2D eigenvalue weighted by atomic mass is 10.1. The van der Waals surface area contributed by atoms with Gasteiger partial charge in [-0.05, 0) is 37.1 Å². The molecule has 0 unspecified atom stereocenters. The molecule has 5 nitrogen and oxygen atoms in total. The molecule has 1 N–H and O–H groups in total. The molecule has 0 saturated carbocycles. The lowest BCUT2D eigenvalue weighted by Crippen LogP contribution is -2.42. The lowest BCUT2D eigenvalue weighted by Gasteiger charge is -2.29. The van der Waals surface area contributed by atoms with Gasteiger partial charge in [0.2, 0.25) is 0 Å². The number of ether oxygens (including phenoxy) is 1. The number of halogens is 1. The van der Waals surface area contributed by atoms with E-state index in [1.165, 1.54) is 0 Å². The maximum Gasteiger partial charge on any atom is 0.260 e. The number of nitrogens with zero attached hydrogens (tertiary/aromatic N) is 2. The summed E-state index contributed by atoms with van der Waals surface area (Å²) in [5.41, 5.74) is 0.650. The highest BCUT2D eigenvalue weighted by atomic mass is 35.5. The molecule has 0 atom stereocenters. The topological polar surface area (TPSA) is 62.7 Å². The van der Waals surface area contributed by atoms with Crippen LogP contribution in [-0.4, -0.2) is 46.7 Å². The first-order valence-electron chi connectivity index (χ1n) is 7.27. The monoisotopic (exact) mass is 320 g/mol. The number of aromatic nitrogens is 1. The number of likely N-dealkylation sites (tertiary alicyclic amines) is 1. The minimum atomic E-state index is -0.297. The number of rotatable bonds is 3. The summed E-state index contributed by atoms with van der Waals surface area (Å²) in [6.07, 6.45) is 2.61. The second-order valence-corrected chi connectivity index (χ2v) is 5.75. The molecule has 1 aliphatic heterocycles. The molecule has 3 rings (SSSR count). The number of amides is 1. The van der Waals surface area contributed by atoms with Crippen LogP contribution in [0.25, 0.3) is 10.9 Å². The second-order valence-electron chi connectivity index (χ2n) is 5.35. The molecule has 1 aromatic carbocycles. The number of pyridine rings is 1. The van der Waals surface area contributed by atoms with Crippen LogP contribution in [0.5, 0.6) is 5.75 Å². The van der Waals surface area contributed by atoms with Gasteiger partial charge >= 0.3 is 0 Å². The Balaban J connectivity index is 1.69. The number of benzene rings is 1. The van der Waals surface area contributed by atoms with Gasteiger partial charge in [0.25, 0.3) is 5.91 Å². The number of carbonyl (C=O) groups excluding carboxylic acids is 1. The normalized spacial score (nSPS) is 16.0. The van der Waals surface area contributed by atoms with Gasteiger partial charge < -0.3 is 14.7 Å². The van der Waals surface area contributed by atoms with Gasteiger partial charge in [-0.25, -0.2) is 0 Å². The van der Waals surface area contributed by atoms with E-state index in [-0.39, 0.29) is 18.6 Å². The van der Waals surface area contributed by atoms with Crippen LogP contribution < -0.4 is 4.74 Å². The van der Waals surface area contributed by atoms with Gasteiger partial charge in [-0.15, -0.1) is 0 Å². The third-order valence-corrected chi connectivity index (χ3v) is 4.18. The molecule has 0 aliphatic carbocycles. The van der Waals surface area contributed by atoms with Gasteiger partial charge in [-0.3, -0.25) is 9.78 Å². The van der Waals surface area contributed by atoms with Crippen molar-refractivity contribution in [2.75, 3.05) is 19.7 Å². The minimum absolute atomic E-state index is 0.0383. The Hall–Kier alpha value is -1.85. The number of piperidine rings is 1. The maximum absolute atomic E-state index is 12.2. The van der Waals surface area contributed by atoms with Gasteiger partial charge in [0.1, 0.15) is 11.3 Å². The van der Waals surface area contributed by atoms with E-state index in [0.29, 0.717) is 42.2 Å². The average molecular weight is 321 g/mol. The van der Waals surface area contributed by atoms with E-state index in [1.54, 1.807) is 23.2 Å². The summed E-state index contributed by atoms with van der Waals surface area (Å²) in [6.45, 7) is 1.11. The van der Waals surface area contributed by atoms with E-state index in [4.69, 9.17) is 16.3 Å². The molecule has 116 valence electrons. The SMILES string of the molecule is O=C(COc1ccc(Cl)c2cccnc12)N1CCC(O)CC1. The highest BCUT2D eigenvalue weighted by Gasteiger charge is 2.21. The standard InChI is InChI=1S/C16H17ClN2O3/c17-13-3-4-14(16-12(13)2-1-7-18-16)22-10-15(21)19-8-5-11(20)6-9-19/h1-4,7,11,20H,5-6,8-10H2. The number of hydrogen-bond acceptors (Lipinski definition) is 4. The van der Waals surface area contributed by atoms with Crippen molar-refractivity contribution < 1.29 is 14.6 Å². The first kappa shape index (κ1) is 15.1. The van der Waals surface area contributed by atoms with Crippen LogP contribution in [0.1, 0.15) is 12.8 Å². The van der Waals surface area contributed by atoms with E-state index >= 15 is 0 Å². The summed E-state index contributed by atoms with van der Waals surface area (Å²) in [7, 11) is 0. The molecule has 22 heavy (non-hydrogen) atoms. The summed E-state index contributed by atoms with van der Waals surface area (Å²) in [4.78, 5) is 18.1. The molecule has 0 spiro atoms. The van der Waals surface area contributed by atoms with Crippen molar-refractivity contribution in [3.63, 3.8) is 0 Å². The average Bonchev–Trinajstić information content (AvgIpc) is 2.55.